The molecule has 1 saturated heterocycles. The van der Waals surface area contributed by atoms with Crippen molar-refractivity contribution in [2.45, 2.75) is 84.5 Å². The van der Waals surface area contributed by atoms with Gasteiger partial charge in [-0.1, -0.05) is 20.8 Å². The van der Waals surface area contributed by atoms with Crippen molar-refractivity contribution in [1.29, 1.82) is 0 Å². The van der Waals surface area contributed by atoms with E-state index in [0.29, 0.717) is 18.1 Å². The molecule has 0 amide bonds. The standard InChI is InChI=1S/C16H34N2O/c1-12(2)17-16(6,11-19)10-15(5)18-8-7-13(3)9-14(18)4/h12-15,17,19H,7-11H2,1-6H3. The zero-order valence-corrected chi connectivity index (χ0v) is 13.7. The van der Waals surface area contributed by atoms with Crippen molar-refractivity contribution < 1.29 is 5.11 Å². The van der Waals surface area contributed by atoms with Crippen LogP contribution in [0.1, 0.15) is 60.8 Å². The van der Waals surface area contributed by atoms with Gasteiger partial charge in [0.25, 0.3) is 0 Å². The fraction of sp³-hybridized carbons (Fsp3) is 1.00. The van der Waals surface area contributed by atoms with Crippen LogP contribution in [-0.2, 0) is 0 Å². The van der Waals surface area contributed by atoms with Crippen molar-refractivity contribution in [2.75, 3.05) is 13.2 Å². The van der Waals surface area contributed by atoms with Crippen LogP contribution in [0.4, 0.5) is 0 Å². The van der Waals surface area contributed by atoms with Gasteiger partial charge in [0.1, 0.15) is 0 Å². The molecule has 0 bridgehead atoms. The van der Waals surface area contributed by atoms with Gasteiger partial charge in [0.15, 0.2) is 0 Å². The van der Waals surface area contributed by atoms with Gasteiger partial charge < -0.3 is 10.4 Å². The first-order chi connectivity index (χ1) is 8.77. The zero-order valence-electron chi connectivity index (χ0n) is 13.7. The van der Waals surface area contributed by atoms with E-state index in [1.54, 1.807) is 0 Å². The van der Waals surface area contributed by atoms with E-state index >= 15 is 0 Å². The summed E-state index contributed by atoms with van der Waals surface area (Å²) >= 11 is 0. The maximum atomic E-state index is 9.71. The number of hydrogen-bond acceptors (Lipinski definition) is 3. The van der Waals surface area contributed by atoms with Crippen LogP contribution in [0.15, 0.2) is 0 Å². The molecule has 19 heavy (non-hydrogen) atoms. The Balaban J connectivity index is 2.59. The minimum atomic E-state index is -0.170. The van der Waals surface area contributed by atoms with Gasteiger partial charge in [-0.25, -0.2) is 0 Å². The number of hydrogen-bond donors (Lipinski definition) is 2. The summed E-state index contributed by atoms with van der Waals surface area (Å²) < 4.78 is 0. The third-order valence-electron chi connectivity index (χ3n) is 4.49. The summed E-state index contributed by atoms with van der Waals surface area (Å²) in [6, 6.07) is 1.59. The molecule has 3 heteroatoms. The van der Waals surface area contributed by atoms with E-state index in [-0.39, 0.29) is 12.1 Å². The molecule has 0 spiro atoms. The zero-order chi connectivity index (χ0) is 14.6. The number of rotatable bonds is 6. The fourth-order valence-corrected chi connectivity index (χ4v) is 3.72. The predicted octanol–water partition coefficient (Wildman–Crippen LogP) is 2.63. The van der Waals surface area contributed by atoms with Gasteiger partial charge in [-0.3, -0.25) is 4.90 Å². The number of aliphatic hydroxyl groups excluding tert-OH is 1. The summed E-state index contributed by atoms with van der Waals surface area (Å²) in [7, 11) is 0. The maximum absolute atomic E-state index is 9.71. The molecule has 0 aromatic heterocycles. The number of likely N-dealkylation sites (tertiary alicyclic amines) is 1. The Labute approximate surface area is 119 Å². The highest BCUT2D eigenvalue weighted by Crippen LogP contribution is 2.27. The van der Waals surface area contributed by atoms with Crippen LogP contribution >= 0.6 is 0 Å². The Morgan fingerprint density at radius 2 is 1.95 bits per heavy atom. The second-order valence-corrected chi connectivity index (χ2v) is 7.29. The van der Waals surface area contributed by atoms with Gasteiger partial charge in [-0.2, -0.15) is 0 Å². The highest BCUT2D eigenvalue weighted by molar-refractivity contribution is 4.90. The molecule has 4 atom stereocenters. The van der Waals surface area contributed by atoms with Gasteiger partial charge in [0.2, 0.25) is 0 Å². The average molecular weight is 270 g/mol. The summed E-state index contributed by atoms with van der Waals surface area (Å²) in [5, 5.41) is 13.2. The van der Waals surface area contributed by atoms with Crippen molar-refractivity contribution in [2.24, 2.45) is 5.92 Å². The van der Waals surface area contributed by atoms with E-state index in [9.17, 15) is 5.11 Å². The summed E-state index contributed by atoms with van der Waals surface area (Å²) in [6.45, 7) is 14.8. The van der Waals surface area contributed by atoms with Gasteiger partial charge in [0, 0.05) is 23.7 Å². The van der Waals surface area contributed by atoms with Crippen molar-refractivity contribution >= 4 is 0 Å². The molecule has 0 saturated carbocycles. The number of nitrogens with one attached hydrogen (secondary N) is 1. The van der Waals surface area contributed by atoms with Crippen LogP contribution in [0.2, 0.25) is 0 Å². The van der Waals surface area contributed by atoms with E-state index in [0.717, 1.165) is 12.3 Å². The molecule has 1 rings (SSSR count). The highest BCUT2D eigenvalue weighted by Gasteiger charge is 2.32. The third kappa shape index (κ3) is 5.05. The van der Waals surface area contributed by atoms with Crippen molar-refractivity contribution in [3.63, 3.8) is 0 Å². The normalized spacial score (nSPS) is 30.3. The topological polar surface area (TPSA) is 35.5 Å². The predicted molar refractivity (Wildman–Crippen MR) is 82.4 cm³/mol. The summed E-state index contributed by atoms with van der Waals surface area (Å²) in [5.41, 5.74) is -0.170. The van der Waals surface area contributed by atoms with Gasteiger partial charge >= 0.3 is 0 Å². The van der Waals surface area contributed by atoms with Crippen molar-refractivity contribution in [3.8, 4) is 0 Å². The van der Waals surface area contributed by atoms with Gasteiger partial charge in [-0.05, 0) is 52.5 Å². The minimum absolute atomic E-state index is 0.170. The number of aliphatic hydroxyl groups is 1. The first-order valence-corrected chi connectivity index (χ1v) is 7.91. The second-order valence-electron chi connectivity index (χ2n) is 7.29. The van der Waals surface area contributed by atoms with Crippen molar-refractivity contribution in [3.05, 3.63) is 0 Å². The van der Waals surface area contributed by atoms with Crippen LogP contribution in [0, 0.1) is 5.92 Å². The summed E-state index contributed by atoms with van der Waals surface area (Å²) in [4.78, 5) is 2.62. The molecule has 1 heterocycles. The Kier molecular flexibility index (Phi) is 6.28. The lowest BCUT2D eigenvalue weighted by Gasteiger charge is -2.44. The lowest BCUT2D eigenvalue weighted by molar-refractivity contribution is 0.0554. The van der Waals surface area contributed by atoms with E-state index in [2.05, 4.69) is 51.8 Å². The molecule has 1 fully saturated rings. The second kappa shape index (κ2) is 7.05. The lowest BCUT2D eigenvalue weighted by Crippen LogP contribution is -2.55. The molecule has 0 aromatic carbocycles. The Morgan fingerprint density at radius 3 is 2.42 bits per heavy atom. The maximum Gasteiger partial charge on any atom is 0.0611 e. The molecule has 0 aliphatic carbocycles. The molecule has 114 valence electrons. The summed E-state index contributed by atoms with van der Waals surface area (Å²) in [6.07, 6.45) is 3.61. The smallest absolute Gasteiger partial charge is 0.0611 e. The highest BCUT2D eigenvalue weighted by atomic mass is 16.3. The monoisotopic (exact) mass is 270 g/mol. The van der Waals surface area contributed by atoms with Gasteiger partial charge in [0.05, 0.1) is 6.61 Å². The minimum Gasteiger partial charge on any atom is -0.394 e. The summed E-state index contributed by atoms with van der Waals surface area (Å²) in [5.74, 6) is 0.858. The average Bonchev–Trinajstić information content (AvgIpc) is 2.27. The molecular formula is C16H34N2O. The van der Waals surface area contributed by atoms with Crippen molar-refractivity contribution in [1.82, 2.24) is 10.2 Å². The Morgan fingerprint density at radius 1 is 1.32 bits per heavy atom. The number of nitrogens with zero attached hydrogens (tertiary/aromatic N) is 1. The first-order valence-electron chi connectivity index (χ1n) is 7.91. The quantitative estimate of drug-likeness (QED) is 0.779. The third-order valence-corrected chi connectivity index (χ3v) is 4.49. The van der Waals surface area contributed by atoms with E-state index in [4.69, 9.17) is 0 Å². The van der Waals surface area contributed by atoms with E-state index < -0.39 is 0 Å². The van der Waals surface area contributed by atoms with Crippen LogP contribution < -0.4 is 5.32 Å². The fourth-order valence-electron chi connectivity index (χ4n) is 3.72. The molecule has 1 aliphatic rings. The molecule has 1 aliphatic heterocycles. The largest absolute Gasteiger partial charge is 0.394 e. The Bertz CT molecular complexity index is 269. The van der Waals surface area contributed by atoms with Crippen LogP contribution in [0.25, 0.3) is 0 Å². The van der Waals surface area contributed by atoms with Crippen LogP contribution in [-0.4, -0.2) is 46.8 Å². The lowest BCUT2D eigenvalue weighted by atomic mass is 9.88. The molecule has 0 aromatic rings. The molecular weight excluding hydrogens is 236 g/mol. The van der Waals surface area contributed by atoms with Gasteiger partial charge in [-0.15, -0.1) is 0 Å². The first kappa shape index (κ1) is 16.9. The number of piperidine rings is 1. The SMILES string of the molecule is CC1CCN(C(C)CC(C)(CO)NC(C)C)C(C)C1. The van der Waals surface area contributed by atoms with E-state index in [1.807, 2.05) is 0 Å². The Hall–Kier alpha value is -0.120. The molecule has 0 radical (unpaired) electrons. The van der Waals surface area contributed by atoms with E-state index in [1.165, 1.54) is 19.4 Å². The van der Waals surface area contributed by atoms with Crippen LogP contribution in [0.5, 0.6) is 0 Å². The van der Waals surface area contributed by atoms with Crippen LogP contribution in [0.3, 0.4) is 0 Å². The molecule has 2 N–H and O–H groups in total. The molecule has 4 unspecified atom stereocenters. The molecule has 3 nitrogen and oxygen atoms in total.